The maximum absolute atomic E-state index is 11.7. The van der Waals surface area contributed by atoms with Crippen LogP contribution in [0.2, 0.25) is 0 Å². The SMILES string of the molecule is CC(=O)c1cccc(OCCCC(=O)NC[C@H](O)COCC2CC2)c1. The van der Waals surface area contributed by atoms with Crippen molar-refractivity contribution in [1.29, 1.82) is 0 Å². The summed E-state index contributed by atoms with van der Waals surface area (Å²) in [7, 11) is 0. The highest BCUT2D eigenvalue weighted by Crippen LogP contribution is 2.28. The Kier molecular flexibility index (Phi) is 7.88. The van der Waals surface area contributed by atoms with Crippen molar-refractivity contribution in [2.75, 3.05) is 26.4 Å². The molecule has 2 rings (SSSR count). The van der Waals surface area contributed by atoms with Gasteiger partial charge in [-0.05, 0) is 44.2 Å². The Balaban J connectivity index is 1.52. The number of carbonyl (C=O) groups excluding carboxylic acids is 2. The van der Waals surface area contributed by atoms with E-state index in [1.54, 1.807) is 24.3 Å². The van der Waals surface area contributed by atoms with E-state index in [4.69, 9.17) is 9.47 Å². The van der Waals surface area contributed by atoms with Gasteiger partial charge in [0.2, 0.25) is 5.91 Å². The van der Waals surface area contributed by atoms with Crippen LogP contribution in [0.5, 0.6) is 5.75 Å². The van der Waals surface area contributed by atoms with Gasteiger partial charge in [-0.1, -0.05) is 12.1 Å². The lowest BCUT2D eigenvalue weighted by Gasteiger charge is -2.12. The number of rotatable bonds is 12. The second-order valence-corrected chi connectivity index (χ2v) is 6.47. The molecule has 1 saturated carbocycles. The van der Waals surface area contributed by atoms with Crippen LogP contribution in [0.25, 0.3) is 0 Å². The van der Waals surface area contributed by atoms with Crippen molar-refractivity contribution in [2.24, 2.45) is 5.92 Å². The van der Waals surface area contributed by atoms with Gasteiger partial charge in [0.05, 0.1) is 19.3 Å². The highest BCUT2D eigenvalue weighted by Gasteiger charge is 2.21. The lowest BCUT2D eigenvalue weighted by atomic mass is 10.1. The fourth-order valence-corrected chi connectivity index (χ4v) is 2.26. The minimum absolute atomic E-state index is 0.00973. The summed E-state index contributed by atoms with van der Waals surface area (Å²) in [5.41, 5.74) is 0.605. The smallest absolute Gasteiger partial charge is 0.220 e. The second kappa shape index (κ2) is 10.2. The van der Waals surface area contributed by atoms with Crippen LogP contribution in [-0.4, -0.2) is 49.3 Å². The lowest BCUT2D eigenvalue weighted by molar-refractivity contribution is -0.122. The van der Waals surface area contributed by atoms with Gasteiger partial charge in [-0.3, -0.25) is 9.59 Å². The highest BCUT2D eigenvalue weighted by atomic mass is 16.5. The number of carbonyl (C=O) groups is 2. The second-order valence-electron chi connectivity index (χ2n) is 6.47. The molecule has 0 spiro atoms. The third-order valence-corrected chi connectivity index (χ3v) is 3.95. The number of hydrogen-bond acceptors (Lipinski definition) is 5. The first-order chi connectivity index (χ1) is 12.0. The van der Waals surface area contributed by atoms with Gasteiger partial charge in [0, 0.05) is 25.1 Å². The number of ether oxygens (including phenoxy) is 2. The quantitative estimate of drug-likeness (QED) is 0.445. The number of aliphatic hydroxyl groups excluding tert-OH is 1. The van der Waals surface area contributed by atoms with E-state index >= 15 is 0 Å². The molecule has 0 heterocycles. The zero-order valence-corrected chi connectivity index (χ0v) is 14.7. The molecule has 25 heavy (non-hydrogen) atoms. The van der Waals surface area contributed by atoms with Gasteiger partial charge in [-0.15, -0.1) is 0 Å². The summed E-state index contributed by atoms with van der Waals surface area (Å²) in [4.78, 5) is 23.0. The molecule has 1 aromatic rings. The number of nitrogens with one attached hydrogen (secondary N) is 1. The summed E-state index contributed by atoms with van der Waals surface area (Å²) >= 11 is 0. The van der Waals surface area contributed by atoms with Crippen molar-refractivity contribution < 1.29 is 24.2 Å². The molecule has 1 aromatic carbocycles. The van der Waals surface area contributed by atoms with E-state index in [9.17, 15) is 14.7 Å². The topological polar surface area (TPSA) is 84.9 Å². The summed E-state index contributed by atoms with van der Waals surface area (Å²) in [6, 6.07) is 6.98. The van der Waals surface area contributed by atoms with Crippen LogP contribution in [0.3, 0.4) is 0 Å². The van der Waals surface area contributed by atoms with Crippen LogP contribution in [0.1, 0.15) is 43.0 Å². The first kappa shape index (κ1) is 19.4. The molecule has 0 bridgehead atoms. The van der Waals surface area contributed by atoms with Crippen molar-refractivity contribution in [3.8, 4) is 5.75 Å². The van der Waals surface area contributed by atoms with Gasteiger partial charge in [0.25, 0.3) is 0 Å². The Morgan fingerprint density at radius 3 is 2.88 bits per heavy atom. The van der Waals surface area contributed by atoms with Gasteiger partial charge < -0.3 is 19.9 Å². The molecule has 6 nitrogen and oxygen atoms in total. The first-order valence-corrected chi connectivity index (χ1v) is 8.81. The maximum Gasteiger partial charge on any atom is 0.220 e. The molecular weight excluding hydrogens is 322 g/mol. The van der Waals surface area contributed by atoms with E-state index in [1.807, 2.05) is 0 Å². The molecule has 6 heteroatoms. The third-order valence-electron chi connectivity index (χ3n) is 3.95. The van der Waals surface area contributed by atoms with Crippen LogP contribution in [-0.2, 0) is 9.53 Å². The van der Waals surface area contributed by atoms with Crippen molar-refractivity contribution in [1.82, 2.24) is 5.32 Å². The molecule has 0 saturated heterocycles. The zero-order chi connectivity index (χ0) is 18.1. The Hall–Kier alpha value is -1.92. The number of Topliss-reactive ketones (excluding diaryl/α,β-unsaturated/α-hetero) is 1. The normalized spacial score (nSPS) is 14.8. The van der Waals surface area contributed by atoms with Crippen molar-refractivity contribution in [3.05, 3.63) is 29.8 Å². The highest BCUT2D eigenvalue weighted by molar-refractivity contribution is 5.94. The van der Waals surface area contributed by atoms with Crippen LogP contribution in [0.15, 0.2) is 24.3 Å². The van der Waals surface area contributed by atoms with Crippen molar-refractivity contribution >= 4 is 11.7 Å². The molecule has 1 aliphatic rings. The lowest BCUT2D eigenvalue weighted by Crippen LogP contribution is -2.34. The predicted molar refractivity (Wildman–Crippen MR) is 93.7 cm³/mol. The minimum Gasteiger partial charge on any atom is -0.494 e. The molecule has 0 radical (unpaired) electrons. The monoisotopic (exact) mass is 349 g/mol. The van der Waals surface area contributed by atoms with E-state index in [0.717, 1.165) is 0 Å². The van der Waals surface area contributed by atoms with Gasteiger partial charge in [0.1, 0.15) is 5.75 Å². The number of aliphatic hydroxyl groups is 1. The van der Waals surface area contributed by atoms with E-state index in [2.05, 4.69) is 5.32 Å². The van der Waals surface area contributed by atoms with Crippen molar-refractivity contribution in [3.63, 3.8) is 0 Å². The Morgan fingerprint density at radius 2 is 2.16 bits per heavy atom. The fourth-order valence-electron chi connectivity index (χ4n) is 2.26. The average Bonchev–Trinajstić information content (AvgIpc) is 3.41. The first-order valence-electron chi connectivity index (χ1n) is 8.81. The summed E-state index contributed by atoms with van der Waals surface area (Å²) < 4.78 is 10.9. The van der Waals surface area contributed by atoms with Crippen LogP contribution in [0, 0.1) is 5.92 Å². The van der Waals surface area contributed by atoms with Crippen LogP contribution < -0.4 is 10.1 Å². The number of ketones is 1. The van der Waals surface area contributed by atoms with E-state index < -0.39 is 6.10 Å². The van der Waals surface area contributed by atoms with Crippen molar-refractivity contribution in [2.45, 2.75) is 38.7 Å². The summed E-state index contributed by atoms with van der Waals surface area (Å²) in [5.74, 6) is 1.15. The van der Waals surface area contributed by atoms with Gasteiger partial charge in [-0.25, -0.2) is 0 Å². The standard InChI is InChI=1S/C19H27NO5/c1-14(21)16-4-2-5-18(10-16)25-9-3-6-19(23)20-11-17(22)13-24-12-15-7-8-15/h2,4-5,10,15,17,22H,3,6-9,11-13H2,1H3,(H,20,23)/t17-/m0/s1. The molecule has 0 unspecified atom stereocenters. The molecule has 2 N–H and O–H groups in total. The van der Waals surface area contributed by atoms with Crippen LogP contribution >= 0.6 is 0 Å². The summed E-state index contributed by atoms with van der Waals surface area (Å²) in [5, 5.41) is 12.4. The largest absolute Gasteiger partial charge is 0.494 e. The van der Waals surface area contributed by atoms with E-state index in [1.165, 1.54) is 19.8 Å². The maximum atomic E-state index is 11.7. The number of hydrogen-bond donors (Lipinski definition) is 2. The summed E-state index contributed by atoms with van der Waals surface area (Å²) in [6.45, 7) is 3.06. The molecule has 1 aliphatic carbocycles. The molecule has 1 fully saturated rings. The number of benzene rings is 1. The average molecular weight is 349 g/mol. The zero-order valence-electron chi connectivity index (χ0n) is 14.7. The Labute approximate surface area is 148 Å². The predicted octanol–water partition coefficient (Wildman–Crippen LogP) is 1.95. The third kappa shape index (κ3) is 8.14. The number of amides is 1. The van der Waals surface area contributed by atoms with E-state index in [0.29, 0.717) is 43.3 Å². The fraction of sp³-hybridized carbons (Fsp3) is 0.579. The van der Waals surface area contributed by atoms with Gasteiger partial charge in [0.15, 0.2) is 5.78 Å². The molecule has 138 valence electrons. The molecule has 1 atom stereocenters. The molecular formula is C19H27NO5. The molecule has 0 aromatic heterocycles. The van der Waals surface area contributed by atoms with Crippen LogP contribution in [0.4, 0.5) is 0 Å². The minimum atomic E-state index is -0.673. The molecule has 1 amide bonds. The molecule has 0 aliphatic heterocycles. The summed E-state index contributed by atoms with van der Waals surface area (Å²) in [6.07, 6.45) is 2.64. The van der Waals surface area contributed by atoms with Gasteiger partial charge in [-0.2, -0.15) is 0 Å². The van der Waals surface area contributed by atoms with Gasteiger partial charge >= 0.3 is 0 Å². The van der Waals surface area contributed by atoms with E-state index in [-0.39, 0.29) is 24.8 Å². The Bertz CT molecular complexity index is 571. The Morgan fingerprint density at radius 1 is 1.36 bits per heavy atom.